The van der Waals surface area contributed by atoms with E-state index in [0.717, 1.165) is 36.1 Å². The SMILES string of the molecule is CCOC1c2ccccc2CC1N.CCOC1c2ccccc2CC1N=[N+]=[N-].[N-]=[N+]=NC1Cc2ccccc2C1O. The van der Waals surface area contributed by atoms with Crippen molar-refractivity contribution in [2.24, 2.45) is 16.0 Å². The molecule has 3 aromatic rings. The van der Waals surface area contributed by atoms with Crippen LogP contribution in [-0.4, -0.2) is 36.4 Å². The van der Waals surface area contributed by atoms with Gasteiger partial charge in [-0.15, -0.1) is 0 Å². The van der Waals surface area contributed by atoms with Crippen LogP contribution in [0.4, 0.5) is 0 Å². The number of nitrogens with zero attached hydrogens (tertiary/aromatic N) is 6. The van der Waals surface area contributed by atoms with Gasteiger partial charge in [0.15, 0.2) is 0 Å². The minimum absolute atomic E-state index is 0.0675. The van der Waals surface area contributed by atoms with Crippen LogP contribution in [0.2, 0.25) is 0 Å². The summed E-state index contributed by atoms with van der Waals surface area (Å²) in [6.07, 6.45) is 1.78. The Bertz CT molecular complexity index is 1400. The fourth-order valence-electron chi connectivity index (χ4n) is 5.79. The summed E-state index contributed by atoms with van der Waals surface area (Å²) in [7, 11) is 0. The first-order valence-corrected chi connectivity index (χ1v) is 14.0. The van der Waals surface area contributed by atoms with E-state index in [0.29, 0.717) is 13.0 Å². The minimum atomic E-state index is -0.632. The van der Waals surface area contributed by atoms with Gasteiger partial charge < -0.3 is 20.3 Å². The van der Waals surface area contributed by atoms with Crippen molar-refractivity contribution < 1.29 is 14.6 Å². The van der Waals surface area contributed by atoms with Crippen molar-refractivity contribution in [1.29, 1.82) is 0 Å². The molecule has 0 aliphatic heterocycles. The third kappa shape index (κ3) is 7.07. The zero-order chi connectivity index (χ0) is 29.2. The number of nitrogens with two attached hydrogens (primary N) is 1. The summed E-state index contributed by atoms with van der Waals surface area (Å²) in [5.74, 6) is 0. The lowest BCUT2D eigenvalue weighted by Gasteiger charge is -2.16. The molecule has 10 heteroatoms. The van der Waals surface area contributed by atoms with Crippen LogP contribution in [0.25, 0.3) is 20.9 Å². The number of rotatable bonds is 6. The predicted molar refractivity (Wildman–Crippen MR) is 158 cm³/mol. The van der Waals surface area contributed by atoms with Gasteiger partial charge in [-0.25, -0.2) is 0 Å². The maximum Gasteiger partial charge on any atom is 0.0981 e. The second-order valence-corrected chi connectivity index (χ2v) is 10.1. The second-order valence-electron chi connectivity index (χ2n) is 10.1. The quantitative estimate of drug-likeness (QED) is 0.199. The number of azide groups is 2. The number of fused-ring (bicyclic) bond motifs is 3. The highest BCUT2D eigenvalue weighted by molar-refractivity contribution is 5.37. The van der Waals surface area contributed by atoms with E-state index in [4.69, 9.17) is 26.3 Å². The molecule has 0 radical (unpaired) electrons. The van der Waals surface area contributed by atoms with Gasteiger partial charge in [-0.3, -0.25) is 0 Å². The van der Waals surface area contributed by atoms with Gasteiger partial charge in [-0.2, -0.15) is 0 Å². The first kappa shape index (κ1) is 30.1. The lowest BCUT2D eigenvalue weighted by Crippen LogP contribution is -2.26. The molecule has 3 aliphatic rings. The molecule has 10 nitrogen and oxygen atoms in total. The highest BCUT2D eigenvalue weighted by Gasteiger charge is 2.32. The Labute approximate surface area is 240 Å². The van der Waals surface area contributed by atoms with E-state index in [-0.39, 0.29) is 30.3 Å². The molecule has 0 fully saturated rings. The van der Waals surface area contributed by atoms with Crippen molar-refractivity contribution in [3.05, 3.63) is 127 Å². The van der Waals surface area contributed by atoms with Gasteiger partial charge in [0.25, 0.3) is 0 Å². The summed E-state index contributed by atoms with van der Waals surface area (Å²) in [4.78, 5) is 5.59. The molecular formula is C31H37N7O3. The number of ether oxygens (including phenoxy) is 2. The molecular weight excluding hydrogens is 518 g/mol. The van der Waals surface area contributed by atoms with Crippen molar-refractivity contribution in [3.8, 4) is 0 Å². The van der Waals surface area contributed by atoms with Crippen LogP contribution < -0.4 is 5.73 Å². The van der Waals surface area contributed by atoms with Gasteiger partial charge >= 0.3 is 0 Å². The van der Waals surface area contributed by atoms with Crippen LogP contribution in [0.3, 0.4) is 0 Å². The molecule has 6 unspecified atom stereocenters. The molecule has 6 atom stereocenters. The van der Waals surface area contributed by atoms with Gasteiger partial charge in [0.05, 0.1) is 30.4 Å². The molecule has 3 aliphatic carbocycles. The zero-order valence-corrected chi connectivity index (χ0v) is 23.5. The third-order valence-corrected chi connectivity index (χ3v) is 7.61. The third-order valence-electron chi connectivity index (χ3n) is 7.61. The fourth-order valence-corrected chi connectivity index (χ4v) is 5.79. The zero-order valence-electron chi connectivity index (χ0n) is 23.5. The molecule has 41 heavy (non-hydrogen) atoms. The molecule has 0 amide bonds. The molecule has 0 bridgehead atoms. The van der Waals surface area contributed by atoms with E-state index in [1.807, 2.05) is 62.4 Å². The van der Waals surface area contributed by atoms with Gasteiger partial charge in [-0.05, 0) is 77.6 Å². The second kappa shape index (κ2) is 14.7. The van der Waals surface area contributed by atoms with Crippen LogP contribution in [0.5, 0.6) is 0 Å². The summed E-state index contributed by atoms with van der Waals surface area (Å²) >= 11 is 0. The van der Waals surface area contributed by atoms with Crippen LogP contribution >= 0.6 is 0 Å². The maximum absolute atomic E-state index is 9.71. The van der Waals surface area contributed by atoms with E-state index in [1.54, 1.807) is 0 Å². The van der Waals surface area contributed by atoms with Crippen molar-refractivity contribution in [3.63, 3.8) is 0 Å². The lowest BCUT2D eigenvalue weighted by atomic mass is 10.1. The standard InChI is InChI=1S/C11H13N3O.C11H15NO.C9H9N3O/c1-2-15-11-9-6-4-3-5-8(9)7-10(11)13-14-12;1-2-13-11-9-6-4-3-5-8(9)7-10(11)12;10-12-11-8-5-6-3-1-2-4-7(6)9(8)13/h3-6,10-11H,2,7H2,1H3;3-6,10-11H,2,7,12H2,1H3;1-4,8-9,13H,5H2. The summed E-state index contributed by atoms with van der Waals surface area (Å²) < 4.78 is 11.2. The molecule has 0 heterocycles. The molecule has 6 rings (SSSR count). The van der Waals surface area contributed by atoms with Crippen LogP contribution in [-0.2, 0) is 28.7 Å². The minimum Gasteiger partial charge on any atom is -0.388 e. The molecule has 3 N–H and O–H groups in total. The summed E-state index contributed by atoms with van der Waals surface area (Å²) in [6, 6.07) is 23.8. The smallest absolute Gasteiger partial charge is 0.0981 e. The molecule has 0 spiro atoms. The Morgan fingerprint density at radius 3 is 1.71 bits per heavy atom. The molecule has 0 saturated heterocycles. The summed E-state index contributed by atoms with van der Waals surface area (Å²) in [6.45, 7) is 5.32. The van der Waals surface area contributed by atoms with Gasteiger partial charge in [0.1, 0.15) is 0 Å². The predicted octanol–water partition coefficient (Wildman–Crippen LogP) is 6.60. The van der Waals surface area contributed by atoms with E-state index in [9.17, 15) is 5.11 Å². The van der Waals surface area contributed by atoms with Gasteiger partial charge in [0.2, 0.25) is 0 Å². The van der Waals surface area contributed by atoms with E-state index >= 15 is 0 Å². The van der Waals surface area contributed by atoms with Gasteiger partial charge in [0, 0.05) is 29.1 Å². The Kier molecular flexibility index (Phi) is 10.8. The summed E-state index contributed by atoms with van der Waals surface area (Å²) in [5, 5.41) is 17.1. The number of hydrogen-bond acceptors (Lipinski definition) is 6. The molecule has 3 aromatic carbocycles. The normalized spacial score (nSPS) is 24.7. The number of aliphatic hydroxyl groups is 1. The number of aliphatic hydroxyl groups excluding tert-OH is 1. The van der Waals surface area contributed by atoms with E-state index < -0.39 is 6.10 Å². The average molecular weight is 556 g/mol. The van der Waals surface area contributed by atoms with E-state index in [1.165, 1.54) is 16.7 Å². The topological polar surface area (TPSA) is 162 Å². The largest absolute Gasteiger partial charge is 0.388 e. The number of hydrogen-bond donors (Lipinski definition) is 2. The molecule has 0 aromatic heterocycles. The highest BCUT2D eigenvalue weighted by atomic mass is 16.5. The first-order chi connectivity index (χ1) is 20.0. The summed E-state index contributed by atoms with van der Waals surface area (Å²) in [5.41, 5.74) is 29.7. The van der Waals surface area contributed by atoms with Crippen LogP contribution in [0.1, 0.15) is 65.5 Å². The van der Waals surface area contributed by atoms with Crippen molar-refractivity contribution >= 4 is 0 Å². The van der Waals surface area contributed by atoms with Crippen molar-refractivity contribution in [1.82, 2.24) is 0 Å². The van der Waals surface area contributed by atoms with Crippen molar-refractivity contribution in [2.75, 3.05) is 13.2 Å². The fraction of sp³-hybridized carbons (Fsp3) is 0.419. The van der Waals surface area contributed by atoms with Crippen molar-refractivity contribution in [2.45, 2.75) is 69.5 Å². The Morgan fingerprint density at radius 2 is 1.15 bits per heavy atom. The van der Waals surface area contributed by atoms with E-state index in [2.05, 4.69) is 44.3 Å². The van der Waals surface area contributed by atoms with Crippen LogP contribution in [0.15, 0.2) is 83.0 Å². The maximum atomic E-state index is 9.71. The average Bonchev–Trinajstić information content (AvgIpc) is 3.61. The monoisotopic (exact) mass is 555 g/mol. The first-order valence-electron chi connectivity index (χ1n) is 14.0. The van der Waals surface area contributed by atoms with Crippen LogP contribution in [0, 0.1) is 0 Å². The van der Waals surface area contributed by atoms with Gasteiger partial charge in [-0.1, -0.05) is 83.0 Å². The Hall–Kier alpha value is -3.88. The number of benzene rings is 3. The Morgan fingerprint density at radius 1 is 0.707 bits per heavy atom. The Balaban J connectivity index is 0.000000142. The molecule has 0 saturated carbocycles. The lowest BCUT2D eigenvalue weighted by molar-refractivity contribution is 0.0518. The molecule has 214 valence electrons. The highest BCUT2D eigenvalue weighted by Crippen LogP contribution is 2.36.